The number of anilines is 1. The average Bonchev–Trinajstić information content (AvgIpc) is 2.69. The minimum atomic E-state index is -0.196. The van der Waals surface area contributed by atoms with Crippen molar-refractivity contribution in [3.8, 4) is 6.07 Å². The number of rotatable bonds is 6. The molecule has 1 atom stereocenters. The molecule has 1 heterocycles. The molecule has 0 radical (unpaired) electrons. The Kier molecular flexibility index (Phi) is 5.88. The van der Waals surface area contributed by atoms with Gasteiger partial charge in [-0.1, -0.05) is 24.3 Å². The number of piperidine rings is 1. The first-order valence-electron chi connectivity index (χ1n) is 8.98. The number of benzene rings is 2. The van der Waals surface area contributed by atoms with Gasteiger partial charge >= 0.3 is 0 Å². The van der Waals surface area contributed by atoms with Crippen LogP contribution in [0.2, 0.25) is 0 Å². The van der Waals surface area contributed by atoms with Crippen LogP contribution in [0.4, 0.5) is 5.69 Å². The zero-order chi connectivity index (χ0) is 18.4. The Balaban J connectivity index is 1.51. The maximum Gasteiger partial charge on any atom is 0.222 e. The Morgan fingerprint density at radius 1 is 1.12 bits per heavy atom. The molecule has 3 N–H and O–H groups in total. The molecule has 0 aliphatic carbocycles. The fourth-order valence-corrected chi connectivity index (χ4v) is 3.32. The van der Waals surface area contributed by atoms with Crippen LogP contribution in [-0.2, 0) is 17.9 Å². The van der Waals surface area contributed by atoms with Crippen molar-refractivity contribution < 1.29 is 4.79 Å². The van der Waals surface area contributed by atoms with Gasteiger partial charge in [-0.2, -0.15) is 5.26 Å². The van der Waals surface area contributed by atoms with Crippen LogP contribution in [0.1, 0.15) is 29.5 Å². The van der Waals surface area contributed by atoms with Crippen molar-refractivity contribution in [1.29, 1.82) is 5.26 Å². The van der Waals surface area contributed by atoms with Gasteiger partial charge < -0.3 is 16.0 Å². The van der Waals surface area contributed by atoms with Crippen LogP contribution < -0.4 is 16.0 Å². The van der Waals surface area contributed by atoms with E-state index in [0.717, 1.165) is 43.7 Å². The summed E-state index contributed by atoms with van der Waals surface area (Å²) < 4.78 is 0. The zero-order valence-electron chi connectivity index (χ0n) is 14.8. The number of nitrogens with one attached hydrogen (secondary N) is 1. The third-order valence-electron chi connectivity index (χ3n) is 4.87. The van der Waals surface area contributed by atoms with Crippen LogP contribution in [-0.4, -0.2) is 19.0 Å². The van der Waals surface area contributed by atoms with E-state index in [4.69, 9.17) is 11.0 Å². The van der Waals surface area contributed by atoms with Crippen molar-refractivity contribution in [3.63, 3.8) is 0 Å². The lowest BCUT2D eigenvalue weighted by atomic mass is 9.97. The molecule has 2 aromatic carbocycles. The van der Waals surface area contributed by atoms with E-state index in [1.54, 1.807) is 0 Å². The summed E-state index contributed by atoms with van der Waals surface area (Å²) in [6.45, 7) is 3.23. The van der Waals surface area contributed by atoms with Crippen molar-refractivity contribution >= 4 is 11.6 Å². The number of amides is 1. The predicted molar refractivity (Wildman–Crippen MR) is 102 cm³/mol. The summed E-state index contributed by atoms with van der Waals surface area (Å²) >= 11 is 0. The second-order valence-corrected chi connectivity index (χ2v) is 6.77. The summed E-state index contributed by atoms with van der Waals surface area (Å²) in [6, 6.07) is 18.2. The van der Waals surface area contributed by atoms with Gasteiger partial charge in [0.05, 0.1) is 17.6 Å². The number of nitrogens with zero attached hydrogens (tertiary/aromatic N) is 2. The Labute approximate surface area is 154 Å². The fourth-order valence-electron chi connectivity index (χ4n) is 3.32. The Morgan fingerprint density at radius 3 is 2.31 bits per heavy atom. The topological polar surface area (TPSA) is 82.2 Å². The monoisotopic (exact) mass is 348 g/mol. The van der Waals surface area contributed by atoms with Gasteiger partial charge in [0.2, 0.25) is 5.91 Å². The second-order valence-electron chi connectivity index (χ2n) is 6.77. The molecule has 5 heteroatoms. The highest BCUT2D eigenvalue weighted by molar-refractivity contribution is 5.77. The summed E-state index contributed by atoms with van der Waals surface area (Å²) in [5.74, 6) is -0.240. The minimum Gasteiger partial charge on any atom is -0.371 e. The number of nitrogens with two attached hydrogens (primary N) is 1. The van der Waals surface area contributed by atoms with Crippen LogP contribution in [0.3, 0.4) is 0 Å². The molecular weight excluding hydrogens is 324 g/mol. The van der Waals surface area contributed by atoms with E-state index in [2.05, 4.69) is 40.6 Å². The molecule has 1 amide bonds. The van der Waals surface area contributed by atoms with E-state index in [0.29, 0.717) is 12.1 Å². The molecule has 2 aromatic rings. The molecule has 1 fully saturated rings. The normalized spacial score (nSPS) is 16.9. The largest absolute Gasteiger partial charge is 0.371 e. The van der Waals surface area contributed by atoms with Crippen molar-refractivity contribution in [3.05, 3.63) is 65.2 Å². The van der Waals surface area contributed by atoms with Crippen LogP contribution in [0.15, 0.2) is 48.5 Å². The highest BCUT2D eigenvalue weighted by Gasteiger charge is 2.23. The van der Waals surface area contributed by atoms with Gasteiger partial charge in [0.15, 0.2) is 0 Å². The molecule has 1 saturated heterocycles. The first-order valence-corrected chi connectivity index (χ1v) is 8.98. The van der Waals surface area contributed by atoms with E-state index in [1.165, 1.54) is 5.56 Å². The van der Waals surface area contributed by atoms with Crippen LogP contribution in [0, 0.1) is 17.2 Å². The van der Waals surface area contributed by atoms with Gasteiger partial charge in [-0.05, 0) is 48.2 Å². The van der Waals surface area contributed by atoms with Gasteiger partial charge in [0, 0.05) is 31.9 Å². The summed E-state index contributed by atoms with van der Waals surface area (Å²) in [5, 5.41) is 12.2. The first-order chi connectivity index (χ1) is 12.7. The summed E-state index contributed by atoms with van der Waals surface area (Å²) in [7, 11) is 0. The molecule has 0 unspecified atom stereocenters. The molecule has 5 nitrogen and oxygen atoms in total. The quantitative estimate of drug-likeness (QED) is 0.840. The maximum absolute atomic E-state index is 11.4. The van der Waals surface area contributed by atoms with Crippen LogP contribution >= 0.6 is 0 Å². The highest BCUT2D eigenvalue weighted by atomic mass is 16.1. The molecular formula is C21H24N4O. The number of hydrogen-bond donors (Lipinski definition) is 2. The van der Waals surface area contributed by atoms with Crippen molar-refractivity contribution in [1.82, 2.24) is 5.32 Å². The summed E-state index contributed by atoms with van der Waals surface area (Å²) in [6.07, 6.45) is 1.89. The maximum atomic E-state index is 11.4. The molecule has 0 spiro atoms. The lowest BCUT2D eigenvalue weighted by Crippen LogP contribution is -2.41. The summed E-state index contributed by atoms with van der Waals surface area (Å²) in [5.41, 5.74) is 9.66. The van der Waals surface area contributed by atoms with Crippen molar-refractivity contribution in [2.45, 2.75) is 25.9 Å². The van der Waals surface area contributed by atoms with Gasteiger partial charge in [0.25, 0.3) is 0 Å². The molecule has 1 aliphatic heterocycles. The third kappa shape index (κ3) is 4.62. The smallest absolute Gasteiger partial charge is 0.222 e. The fraction of sp³-hybridized carbons (Fsp3) is 0.333. The Bertz CT molecular complexity index is 777. The molecule has 134 valence electrons. The number of hydrogen-bond acceptors (Lipinski definition) is 4. The number of primary amides is 1. The summed E-state index contributed by atoms with van der Waals surface area (Å²) in [4.78, 5) is 13.7. The van der Waals surface area contributed by atoms with Gasteiger partial charge in [0.1, 0.15) is 0 Å². The zero-order valence-corrected chi connectivity index (χ0v) is 14.8. The lowest BCUT2D eigenvalue weighted by Gasteiger charge is -2.33. The number of carbonyl (C=O) groups excluding carboxylic acids is 1. The van der Waals surface area contributed by atoms with E-state index in [-0.39, 0.29) is 11.8 Å². The standard InChI is InChI=1S/C21H24N4O/c22-12-16-3-5-17(6-4-16)13-24-14-18-7-9-20(10-8-18)25-11-1-2-19(15-25)21(23)26/h3-10,19,24H,1-2,11,13-15H2,(H2,23,26)/t19-/m0/s1. The van der Waals surface area contributed by atoms with Crippen molar-refractivity contribution in [2.24, 2.45) is 11.7 Å². The molecule has 3 rings (SSSR count). The van der Waals surface area contributed by atoms with E-state index < -0.39 is 0 Å². The van der Waals surface area contributed by atoms with Gasteiger partial charge in [-0.15, -0.1) is 0 Å². The Morgan fingerprint density at radius 2 is 1.73 bits per heavy atom. The van der Waals surface area contributed by atoms with Crippen molar-refractivity contribution in [2.75, 3.05) is 18.0 Å². The molecule has 0 aromatic heterocycles. The molecule has 0 saturated carbocycles. The van der Waals surface area contributed by atoms with E-state index in [9.17, 15) is 4.79 Å². The molecule has 0 bridgehead atoms. The predicted octanol–water partition coefficient (Wildman–Crippen LogP) is 2.55. The minimum absolute atomic E-state index is 0.0440. The molecule has 26 heavy (non-hydrogen) atoms. The van der Waals surface area contributed by atoms with E-state index >= 15 is 0 Å². The third-order valence-corrected chi connectivity index (χ3v) is 4.87. The van der Waals surface area contributed by atoms with Crippen LogP contribution in [0.5, 0.6) is 0 Å². The SMILES string of the molecule is N#Cc1ccc(CNCc2ccc(N3CCC[C@H](C(N)=O)C3)cc2)cc1. The number of carbonyl (C=O) groups is 1. The van der Waals surface area contributed by atoms with Gasteiger partial charge in [-0.3, -0.25) is 4.79 Å². The molecule has 1 aliphatic rings. The van der Waals surface area contributed by atoms with Gasteiger partial charge in [-0.25, -0.2) is 0 Å². The second kappa shape index (κ2) is 8.50. The Hall–Kier alpha value is -2.84. The lowest BCUT2D eigenvalue weighted by molar-refractivity contribution is -0.122. The number of nitriles is 1. The van der Waals surface area contributed by atoms with Crippen LogP contribution in [0.25, 0.3) is 0 Å². The van der Waals surface area contributed by atoms with E-state index in [1.807, 2.05) is 24.3 Å². The average molecular weight is 348 g/mol. The first kappa shape index (κ1) is 18.0. The highest BCUT2D eigenvalue weighted by Crippen LogP contribution is 2.23.